The van der Waals surface area contributed by atoms with Crippen LogP contribution >= 0.6 is 0 Å². The first-order chi connectivity index (χ1) is 8.90. The van der Waals surface area contributed by atoms with Gasteiger partial charge in [0.15, 0.2) is 0 Å². The minimum atomic E-state index is 0.669. The van der Waals surface area contributed by atoms with Gasteiger partial charge in [-0.05, 0) is 17.2 Å². The van der Waals surface area contributed by atoms with Gasteiger partial charge >= 0.3 is 0 Å². The summed E-state index contributed by atoms with van der Waals surface area (Å²) in [5.41, 5.74) is 2.74. The van der Waals surface area contributed by atoms with Gasteiger partial charge in [-0.2, -0.15) is 5.26 Å². The van der Waals surface area contributed by atoms with Crippen LogP contribution in [0.1, 0.15) is 11.1 Å². The van der Waals surface area contributed by atoms with E-state index < -0.39 is 0 Å². The number of nitrogens with zero attached hydrogens (tertiary/aromatic N) is 1. The highest BCUT2D eigenvalue weighted by Gasteiger charge is 1.96. The summed E-state index contributed by atoms with van der Waals surface area (Å²) in [6.07, 6.45) is 5.73. The van der Waals surface area contributed by atoms with Crippen molar-refractivity contribution in [2.45, 2.75) is 0 Å². The summed E-state index contributed by atoms with van der Waals surface area (Å²) in [7, 11) is 0. The Bertz CT molecular complexity index is 587. The summed E-state index contributed by atoms with van der Waals surface area (Å²) in [5, 5.41) is 9.12. The van der Waals surface area contributed by atoms with Crippen LogP contribution in [0.5, 0.6) is 0 Å². The van der Waals surface area contributed by atoms with Crippen molar-refractivity contribution >= 4 is 11.6 Å². The molecule has 0 bridgehead atoms. The van der Waals surface area contributed by atoms with Crippen molar-refractivity contribution in [1.29, 1.82) is 5.26 Å². The normalized spacial score (nSPS) is 11.4. The fraction of sp³-hybridized carbons (Fsp3) is 0. The van der Waals surface area contributed by atoms with Crippen molar-refractivity contribution in [2.24, 2.45) is 0 Å². The number of benzene rings is 2. The summed E-state index contributed by atoms with van der Waals surface area (Å²) in [4.78, 5) is 0. The van der Waals surface area contributed by atoms with Gasteiger partial charge in [-0.1, -0.05) is 72.8 Å². The number of rotatable bonds is 3. The summed E-state index contributed by atoms with van der Waals surface area (Å²) < 4.78 is 0. The van der Waals surface area contributed by atoms with Gasteiger partial charge in [0.1, 0.15) is 0 Å². The van der Waals surface area contributed by atoms with Gasteiger partial charge < -0.3 is 0 Å². The van der Waals surface area contributed by atoms with Gasteiger partial charge in [0.2, 0.25) is 0 Å². The van der Waals surface area contributed by atoms with E-state index in [-0.39, 0.29) is 0 Å². The van der Waals surface area contributed by atoms with E-state index in [4.69, 9.17) is 5.26 Å². The lowest BCUT2D eigenvalue weighted by Gasteiger charge is -1.96. The molecule has 2 rings (SSSR count). The molecule has 0 N–H and O–H groups in total. The molecule has 1 nitrogen and oxygen atoms in total. The Morgan fingerprint density at radius 2 is 1.50 bits per heavy atom. The molecule has 0 heterocycles. The third-order valence-corrected chi connectivity index (χ3v) is 2.56. The van der Waals surface area contributed by atoms with Gasteiger partial charge in [0.25, 0.3) is 0 Å². The third-order valence-electron chi connectivity index (χ3n) is 2.56. The standard InChI is InChI=1S/C17H13N/c18-14-17(16-11-5-2-6-12-16)13-7-10-15-8-3-1-4-9-15/h1-13H/b10-7+,17-13-. The van der Waals surface area contributed by atoms with E-state index in [1.54, 1.807) is 0 Å². The number of nitriles is 1. The highest BCUT2D eigenvalue weighted by Crippen LogP contribution is 2.13. The number of allylic oxidation sites excluding steroid dienone is 3. The van der Waals surface area contributed by atoms with Gasteiger partial charge in [-0.3, -0.25) is 0 Å². The van der Waals surface area contributed by atoms with Crippen LogP contribution in [0.3, 0.4) is 0 Å². The molecule has 0 saturated carbocycles. The first kappa shape index (κ1) is 11.9. The minimum Gasteiger partial charge on any atom is -0.192 e. The maximum Gasteiger partial charge on any atom is 0.0997 e. The molecule has 0 aromatic heterocycles. The van der Waals surface area contributed by atoms with Crippen LogP contribution in [-0.2, 0) is 0 Å². The Hall–Kier alpha value is -2.59. The van der Waals surface area contributed by atoms with Crippen LogP contribution in [0.15, 0.2) is 72.8 Å². The van der Waals surface area contributed by atoms with E-state index in [0.29, 0.717) is 5.57 Å². The first-order valence-corrected chi connectivity index (χ1v) is 5.79. The van der Waals surface area contributed by atoms with Crippen LogP contribution in [0.25, 0.3) is 11.6 Å². The summed E-state index contributed by atoms with van der Waals surface area (Å²) in [5.74, 6) is 0. The first-order valence-electron chi connectivity index (χ1n) is 5.79. The molecule has 0 aliphatic heterocycles. The molecule has 0 unspecified atom stereocenters. The Morgan fingerprint density at radius 3 is 2.11 bits per heavy atom. The van der Waals surface area contributed by atoms with E-state index in [1.165, 1.54) is 0 Å². The SMILES string of the molecule is N#C/C(=C/C=C/c1ccccc1)c1ccccc1. The Kier molecular flexibility index (Phi) is 4.11. The zero-order valence-electron chi connectivity index (χ0n) is 9.95. The molecule has 0 aliphatic carbocycles. The molecule has 0 fully saturated rings. The molecule has 18 heavy (non-hydrogen) atoms. The summed E-state index contributed by atoms with van der Waals surface area (Å²) in [6, 6.07) is 21.9. The molecule has 0 spiro atoms. The van der Waals surface area contributed by atoms with E-state index in [2.05, 4.69) is 6.07 Å². The zero-order valence-corrected chi connectivity index (χ0v) is 9.95. The molecule has 2 aromatic rings. The minimum absolute atomic E-state index is 0.669. The lowest BCUT2D eigenvalue weighted by atomic mass is 10.1. The van der Waals surface area contributed by atoms with Crippen LogP contribution in [0, 0.1) is 11.3 Å². The second kappa shape index (κ2) is 6.22. The van der Waals surface area contributed by atoms with Crippen molar-refractivity contribution in [2.75, 3.05) is 0 Å². The molecule has 0 atom stereocenters. The molecule has 0 amide bonds. The number of hydrogen-bond acceptors (Lipinski definition) is 1. The largest absolute Gasteiger partial charge is 0.192 e. The molecule has 86 valence electrons. The van der Waals surface area contributed by atoms with Gasteiger partial charge in [0, 0.05) is 0 Å². The van der Waals surface area contributed by atoms with Gasteiger partial charge in [-0.15, -0.1) is 0 Å². The fourth-order valence-electron chi connectivity index (χ4n) is 1.64. The lowest BCUT2D eigenvalue weighted by molar-refractivity contribution is 1.52. The molecule has 0 radical (unpaired) electrons. The smallest absolute Gasteiger partial charge is 0.0997 e. The van der Waals surface area contributed by atoms with Crippen LogP contribution in [0.2, 0.25) is 0 Å². The Labute approximate surface area is 107 Å². The molecular formula is C17H13N. The Balaban J connectivity index is 2.18. The Morgan fingerprint density at radius 1 is 0.889 bits per heavy atom. The van der Waals surface area contributed by atoms with E-state index in [1.807, 2.05) is 78.9 Å². The molecule has 0 aliphatic rings. The zero-order chi connectivity index (χ0) is 12.6. The lowest BCUT2D eigenvalue weighted by Crippen LogP contribution is -1.78. The van der Waals surface area contributed by atoms with Crippen molar-refractivity contribution in [3.63, 3.8) is 0 Å². The van der Waals surface area contributed by atoms with E-state index in [9.17, 15) is 0 Å². The maximum atomic E-state index is 9.12. The van der Waals surface area contributed by atoms with Gasteiger partial charge in [-0.25, -0.2) is 0 Å². The highest BCUT2D eigenvalue weighted by molar-refractivity contribution is 5.78. The highest BCUT2D eigenvalue weighted by atomic mass is 14.2. The van der Waals surface area contributed by atoms with Gasteiger partial charge in [0.05, 0.1) is 11.6 Å². The van der Waals surface area contributed by atoms with Crippen molar-refractivity contribution in [1.82, 2.24) is 0 Å². The second-order valence-electron chi connectivity index (χ2n) is 3.83. The third kappa shape index (κ3) is 3.20. The second-order valence-corrected chi connectivity index (χ2v) is 3.83. The summed E-state index contributed by atoms with van der Waals surface area (Å²) in [6.45, 7) is 0. The maximum absolute atomic E-state index is 9.12. The van der Waals surface area contributed by atoms with Crippen LogP contribution < -0.4 is 0 Å². The van der Waals surface area contributed by atoms with E-state index in [0.717, 1.165) is 11.1 Å². The molecular weight excluding hydrogens is 218 g/mol. The predicted molar refractivity (Wildman–Crippen MR) is 75.5 cm³/mol. The average molecular weight is 231 g/mol. The predicted octanol–water partition coefficient (Wildman–Crippen LogP) is 4.31. The van der Waals surface area contributed by atoms with Crippen molar-refractivity contribution in [3.8, 4) is 6.07 Å². The molecule has 1 heteroatoms. The number of hydrogen-bond donors (Lipinski definition) is 0. The van der Waals surface area contributed by atoms with E-state index >= 15 is 0 Å². The monoisotopic (exact) mass is 231 g/mol. The van der Waals surface area contributed by atoms with Crippen molar-refractivity contribution < 1.29 is 0 Å². The topological polar surface area (TPSA) is 23.8 Å². The quantitative estimate of drug-likeness (QED) is 0.570. The van der Waals surface area contributed by atoms with Crippen LogP contribution in [-0.4, -0.2) is 0 Å². The molecule has 0 saturated heterocycles. The fourth-order valence-corrected chi connectivity index (χ4v) is 1.64. The molecule has 2 aromatic carbocycles. The van der Waals surface area contributed by atoms with Crippen molar-refractivity contribution in [3.05, 3.63) is 83.9 Å². The average Bonchev–Trinajstić information content (AvgIpc) is 2.46. The van der Waals surface area contributed by atoms with Crippen LogP contribution in [0.4, 0.5) is 0 Å². The summed E-state index contributed by atoms with van der Waals surface area (Å²) >= 11 is 0.